The molecule has 0 spiro atoms. The molecule has 0 bridgehead atoms. The molecule has 0 radical (unpaired) electrons. The quantitative estimate of drug-likeness (QED) is 0.787. The van der Waals surface area contributed by atoms with Crippen LogP contribution in [-0.2, 0) is 11.3 Å². The minimum absolute atomic E-state index is 0.0649. The number of anilines is 2. The smallest absolute Gasteiger partial charge is 0.261 e. The Morgan fingerprint density at radius 2 is 1.77 bits per heavy atom. The number of carbonyl (C=O) groups excluding carboxylic acids is 1. The topological polar surface area (TPSA) is 67.2 Å². The molecule has 26 heavy (non-hydrogen) atoms. The average Bonchev–Trinajstić information content (AvgIpc) is 3.20. The molecular formula is C20H20N4O2. The van der Waals surface area contributed by atoms with Crippen molar-refractivity contribution in [3.63, 3.8) is 0 Å². The van der Waals surface area contributed by atoms with Gasteiger partial charge in [0.05, 0.1) is 17.2 Å². The number of carbonyl (C=O) groups is 1. The third-order valence-corrected chi connectivity index (χ3v) is 4.67. The first-order valence-electron chi connectivity index (χ1n) is 8.80. The van der Waals surface area contributed by atoms with Crippen LogP contribution in [0.25, 0.3) is 10.9 Å². The minimum Gasteiger partial charge on any atom is -0.372 e. The van der Waals surface area contributed by atoms with Crippen LogP contribution in [0.15, 0.2) is 59.7 Å². The Kier molecular flexibility index (Phi) is 4.39. The molecule has 1 aromatic heterocycles. The summed E-state index contributed by atoms with van der Waals surface area (Å²) in [4.78, 5) is 31.3. The third-order valence-electron chi connectivity index (χ3n) is 4.67. The monoisotopic (exact) mass is 348 g/mol. The van der Waals surface area contributed by atoms with Gasteiger partial charge < -0.3 is 10.2 Å². The normalized spacial score (nSPS) is 13.9. The fourth-order valence-electron chi connectivity index (χ4n) is 3.30. The lowest BCUT2D eigenvalue weighted by atomic mass is 10.2. The van der Waals surface area contributed by atoms with Crippen LogP contribution in [0, 0.1) is 0 Å². The summed E-state index contributed by atoms with van der Waals surface area (Å²) < 4.78 is 1.33. The Labute approximate surface area is 151 Å². The van der Waals surface area contributed by atoms with E-state index in [9.17, 15) is 9.59 Å². The molecule has 1 N–H and O–H groups in total. The van der Waals surface area contributed by atoms with Crippen LogP contribution in [0.2, 0.25) is 0 Å². The van der Waals surface area contributed by atoms with E-state index in [1.54, 1.807) is 18.2 Å². The summed E-state index contributed by atoms with van der Waals surface area (Å²) in [7, 11) is 0. The number of hydrogen-bond donors (Lipinski definition) is 1. The summed E-state index contributed by atoms with van der Waals surface area (Å²) >= 11 is 0. The van der Waals surface area contributed by atoms with E-state index in [-0.39, 0.29) is 18.0 Å². The number of nitrogens with one attached hydrogen (secondary N) is 1. The number of fused-ring (bicyclic) bond motifs is 1. The second-order valence-electron chi connectivity index (χ2n) is 6.48. The van der Waals surface area contributed by atoms with Crippen LogP contribution in [0.4, 0.5) is 11.4 Å². The van der Waals surface area contributed by atoms with E-state index in [1.165, 1.54) is 29.4 Å². The van der Waals surface area contributed by atoms with Gasteiger partial charge in [0, 0.05) is 24.5 Å². The molecule has 4 rings (SSSR count). The first-order chi connectivity index (χ1) is 12.7. The molecule has 0 atom stereocenters. The van der Waals surface area contributed by atoms with Crippen molar-refractivity contribution in [1.82, 2.24) is 9.55 Å². The Morgan fingerprint density at radius 1 is 1.04 bits per heavy atom. The summed E-state index contributed by atoms with van der Waals surface area (Å²) in [5.41, 5.74) is 2.32. The second-order valence-corrected chi connectivity index (χ2v) is 6.48. The van der Waals surface area contributed by atoms with Gasteiger partial charge in [-0.2, -0.15) is 0 Å². The van der Waals surface area contributed by atoms with Crippen molar-refractivity contribution < 1.29 is 4.79 Å². The number of amides is 1. The zero-order chi connectivity index (χ0) is 17.9. The number of nitrogens with zero attached hydrogens (tertiary/aromatic N) is 3. The van der Waals surface area contributed by atoms with Gasteiger partial charge in [0.25, 0.3) is 5.56 Å². The molecule has 1 fully saturated rings. The van der Waals surface area contributed by atoms with Crippen LogP contribution in [-0.4, -0.2) is 28.5 Å². The Bertz CT molecular complexity index is 989. The molecule has 0 saturated carbocycles. The molecule has 1 saturated heterocycles. The van der Waals surface area contributed by atoms with Crippen molar-refractivity contribution in [2.45, 2.75) is 19.4 Å². The van der Waals surface area contributed by atoms with Gasteiger partial charge in [-0.3, -0.25) is 14.2 Å². The second kappa shape index (κ2) is 7.00. The van der Waals surface area contributed by atoms with E-state index in [2.05, 4.69) is 15.2 Å². The summed E-state index contributed by atoms with van der Waals surface area (Å²) in [6, 6.07) is 14.9. The van der Waals surface area contributed by atoms with E-state index in [4.69, 9.17) is 0 Å². The Morgan fingerprint density at radius 3 is 2.54 bits per heavy atom. The number of benzene rings is 2. The highest BCUT2D eigenvalue weighted by Crippen LogP contribution is 2.22. The maximum Gasteiger partial charge on any atom is 0.261 e. The largest absolute Gasteiger partial charge is 0.372 e. The Balaban J connectivity index is 1.45. The van der Waals surface area contributed by atoms with Crippen molar-refractivity contribution in [3.8, 4) is 0 Å². The molecule has 0 unspecified atom stereocenters. The summed E-state index contributed by atoms with van der Waals surface area (Å²) in [6.07, 6.45) is 3.88. The highest BCUT2D eigenvalue weighted by atomic mass is 16.2. The molecule has 1 amide bonds. The highest BCUT2D eigenvalue weighted by molar-refractivity contribution is 5.91. The van der Waals surface area contributed by atoms with Gasteiger partial charge in [-0.25, -0.2) is 4.98 Å². The van der Waals surface area contributed by atoms with Crippen molar-refractivity contribution in [1.29, 1.82) is 0 Å². The van der Waals surface area contributed by atoms with Gasteiger partial charge >= 0.3 is 0 Å². The molecular weight excluding hydrogens is 328 g/mol. The lowest BCUT2D eigenvalue weighted by Gasteiger charge is -2.17. The van der Waals surface area contributed by atoms with Gasteiger partial charge in [0.1, 0.15) is 6.54 Å². The number of aromatic nitrogens is 2. The zero-order valence-electron chi connectivity index (χ0n) is 14.4. The van der Waals surface area contributed by atoms with Crippen LogP contribution in [0.1, 0.15) is 12.8 Å². The molecule has 2 heterocycles. The lowest BCUT2D eigenvalue weighted by molar-refractivity contribution is -0.116. The van der Waals surface area contributed by atoms with Crippen molar-refractivity contribution in [2.24, 2.45) is 0 Å². The molecule has 6 nitrogen and oxygen atoms in total. The fourth-order valence-corrected chi connectivity index (χ4v) is 3.30. The Hall–Kier alpha value is -3.15. The first-order valence-corrected chi connectivity index (χ1v) is 8.80. The standard InChI is InChI=1S/C20H20N4O2/c25-19(13-24-14-21-18-6-2-1-5-17(18)20(24)26)22-15-7-9-16(10-8-15)23-11-3-4-12-23/h1-2,5-10,14H,3-4,11-13H2,(H,22,25). The van der Waals surface area contributed by atoms with Crippen molar-refractivity contribution >= 4 is 28.2 Å². The van der Waals surface area contributed by atoms with Crippen molar-refractivity contribution in [2.75, 3.05) is 23.3 Å². The van der Waals surface area contributed by atoms with Crippen LogP contribution in [0.5, 0.6) is 0 Å². The number of para-hydroxylation sites is 1. The molecule has 6 heteroatoms. The SMILES string of the molecule is O=C(Cn1cnc2ccccc2c1=O)Nc1ccc(N2CCCC2)cc1. The molecule has 132 valence electrons. The van der Waals surface area contributed by atoms with E-state index in [1.807, 2.05) is 30.3 Å². The summed E-state index contributed by atoms with van der Waals surface area (Å²) in [5, 5.41) is 3.35. The molecule has 3 aromatic rings. The maximum atomic E-state index is 12.4. The van der Waals surface area contributed by atoms with E-state index >= 15 is 0 Å². The summed E-state index contributed by atoms with van der Waals surface area (Å²) in [6.45, 7) is 2.11. The summed E-state index contributed by atoms with van der Waals surface area (Å²) in [5.74, 6) is -0.252. The fraction of sp³-hybridized carbons (Fsp3) is 0.250. The van der Waals surface area contributed by atoms with Gasteiger partial charge in [0.15, 0.2) is 0 Å². The van der Waals surface area contributed by atoms with Crippen LogP contribution < -0.4 is 15.8 Å². The third kappa shape index (κ3) is 3.31. The lowest BCUT2D eigenvalue weighted by Crippen LogP contribution is -2.27. The van der Waals surface area contributed by atoms with Gasteiger partial charge in [-0.15, -0.1) is 0 Å². The molecule has 1 aliphatic rings. The average molecular weight is 348 g/mol. The molecule has 2 aromatic carbocycles. The predicted molar refractivity (Wildman–Crippen MR) is 103 cm³/mol. The molecule has 1 aliphatic heterocycles. The highest BCUT2D eigenvalue weighted by Gasteiger charge is 2.12. The van der Waals surface area contributed by atoms with Gasteiger partial charge in [-0.1, -0.05) is 12.1 Å². The van der Waals surface area contributed by atoms with E-state index in [0.29, 0.717) is 10.9 Å². The zero-order valence-corrected chi connectivity index (χ0v) is 14.4. The number of hydrogen-bond acceptors (Lipinski definition) is 4. The molecule has 0 aliphatic carbocycles. The van der Waals surface area contributed by atoms with Gasteiger partial charge in [-0.05, 0) is 49.2 Å². The number of rotatable bonds is 4. The van der Waals surface area contributed by atoms with Crippen LogP contribution in [0.3, 0.4) is 0 Å². The first kappa shape index (κ1) is 16.3. The van der Waals surface area contributed by atoms with Gasteiger partial charge in [0.2, 0.25) is 5.91 Å². The maximum absolute atomic E-state index is 12.4. The van der Waals surface area contributed by atoms with E-state index in [0.717, 1.165) is 18.8 Å². The predicted octanol–water partition coefficient (Wildman–Crippen LogP) is 2.64. The minimum atomic E-state index is -0.252. The van der Waals surface area contributed by atoms with E-state index < -0.39 is 0 Å². The van der Waals surface area contributed by atoms with Crippen molar-refractivity contribution in [3.05, 3.63) is 65.2 Å². The van der Waals surface area contributed by atoms with Crippen LogP contribution >= 0.6 is 0 Å².